The number of aliphatic hydroxyl groups is 1. The van der Waals surface area contributed by atoms with Crippen LogP contribution in [0.1, 0.15) is 52.9 Å². The van der Waals surface area contributed by atoms with Crippen molar-refractivity contribution in [3.8, 4) is 0 Å². The molecule has 0 aromatic carbocycles. The van der Waals surface area contributed by atoms with E-state index in [1.54, 1.807) is 0 Å². The number of hydrogen-bond donors (Lipinski definition) is 2. The molecule has 3 nitrogen and oxygen atoms in total. The summed E-state index contributed by atoms with van der Waals surface area (Å²) in [7, 11) is 0. The standard InChI is InChI=1S/C16H33NO2/c1-5-8-10-15(7-3)12-19-13-16(18)11-17-14(4)9-6-2/h6,14-18H,2,5,7-13H2,1,3-4H3. The Balaban J connectivity index is 3.60. The molecule has 0 fully saturated rings. The minimum Gasteiger partial charge on any atom is -0.389 e. The molecule has 0 amide bonds. The predicted molar refractivity (Wildman–Crippen MR) is 82.4 cm³/mol. The normalized spacial score (nSPS) is 16.0. The zero-order valence-corrected chi connectivity index (χ0v) is 13.0. The number of aliphatic hydroxyl groups excluding tert-OH is 1. The van der Waals surface area contributed by atoms with Crippen LogP contribution >= 0.6 is 0 Å². The zero-order valence-electron chi connectivity index (χ0n) is 13.0. The van der Waals surface area contributed by atoms with Crippen LogP contribution in [-0.2, 0) is 4.74 Å². The summed E-state index contributed by atoms with van der Waals surface area (Å²) < 4.78 is 5.63. The molecule has 19 heavy (non-hydrogen) atoms. The largest absolute Gasteiger partial charge is 0.389 e. The van der Waals surface area contributed by atoms with Crippen LogP contribution in [0.5, 0.6) is 0 Å². The van der Waals surface area contributed by atoms with E-state index < -0.39 is 6.10 Å². The van der Waals surface area contributed by atoms with E-state index in [0.717, 1.165) is 19.4 Å². The molecule has 0 saturated heterocycles. The maximum Gasteiger partial charge on any atom is 0.0897 e. The Labute approximate surface area is 119 Å². The highest BCUT2D eigenvalue weighted by Crippen LogP contribution is 2.12. The van der Waals surface area contributed by atoms with Crippen molar-refractivity contribution in [2.45, 2.75) is 65.0 Å². The molecule has 3 atom stereocenters. The molecule has 3 unspecified atom stereocenters. The van der Waals surface area contributed by atoms with Crippen molar-refractivity contribution in [3.63, 3.8) is 0 Å². The first-order chi connectivity index (χ1) is 9.13. The van der Waals surface area contributed by atoms with Crippen molar-refractivity contribution in [2.24, 2.45) is 5.92 Å². The Morgan fingerprint density at radius 2 is 2.05 bits per heavy atom. The summed E-state index contributed by atoms with van der Waals surface area (Å²) in [5.74, 6) is 0.639. The number of nitrogens with one attached hydrogen (secondary N) is 1. The highest BCUT2D eigenvalue weighted by molar-refractivity contribution is 4.75. The predicted octanol–water partition coefficient (Wildman–Crippen LogP) is 3.13. The van der Waals surface area contributed by atoms with Gasteiger partial charge in [-0.05, 0) is 25.7 Å². The quantitative estimate of drug-likeness (QED) is 0.506. The molecule has 0 aromatic rings. The third-order valence-electron chi connectivity index (χ3n) is 3.43. The summed E-state index contributed by atoms with van der Waals surface area (Å²) in [4.78, 5) is 0. The Kier molecular flexibility index (Phi) is 12.4. The fourth-order valence-electron chi connectivity index (χ4n) is 2.00. The average Bonchev–Trinajstić information content (AvgIpc) is 2.40. The molecule has 114 valence electrons. The molecule has 0 radical (unpaired) electrons. The molecule has 2 N–H and O–H groups in total. The topological polar surface area (TPSA) is 41.5 Å². The van der Waals surface area contributed by atoms with Gasteiger partial charge in [-0.1, -0.05) is 39.2 Å². The molecule has 0 heterocycles. The third-order valence-corrected chi connectivity index (χ3v) is 3.43. The Bertz CT molecular complexity index is 209. The van der Waals surface area contributed by atoms with Gasteiger partial charge in [0.2, 0.25) is 0 Å². The average molecular weight is 271 g/mol. The number of hydrogen-bond acceptors (Lipinski definition) is 3. The van der Waals surface area contributed by atoms with E-state index in [2.05, 4.69) is 32.7 Å². The van der Waals surface area contributed by atoms with Crippen LogP contribution in [0.2, 0.25) is 0 Å². The van der Waals surface area contributed by atoms with Crippen LogP contribution in [0.25, 0.3) is 0 Å². The smallest absolute Gasteiger partial charge is 0.0897 e. The van der Waals surface area contributed by atoms with Gasteiger partial charge < -0.3 is 15.2 Å². The summed E-state index contributed by atoms with van der Waals surface area (Å²) in [5.41, 5.74) is 0. The zero-order chi connectivity index (χ0) is 14.5. The van der Waals surface area contributed by atoms with Gasteiger partial charge >= 0.3 is 0 Å². The summed E-state index contributed by atoms with van der Waals surface area (Å²) in [5, 5.41) is 13.1. The van der Waals surface area contributed by atoms with Gasteiger partial charge in [0.05, 0.1) is 12.7 Å². The van der Waals surface area contributed by atoms with Gasteiger partial charge in [-0.15, -0.1) is 6.58 Å². The fourth-order valence-corrected chi connectivity index (χ4v) is 2.00. The molecular formula is C16H33NO2. The molecule has 0 aliphatic carbocycles. The molecule has 0 rings (SSSR count). The lowest BCUT2D eigenvalue weighted by Gasteiger charge is -2.18. The highest BCUT2D eigenvalue weighted by atomic mass is 16.5. The van der Waals surface area contributed by atoms with Crippen molar-refractivity contribution in [3.05, 3.63) is 12.7 Å². The molecule has 0 aromatic heterocycles. The van der Waals surface area contributed by atoms with Gasteiger partial charge in [0.15, 0.2) is 0 Å². The fraction of sp³-hybridized carbons (Fsp3) is 0.875. The van der Waals surface area contributed by atoms with Crippen LogP contribution in [-0.4, -0.2) is 37.0 Å². The lowest BCUT2D eigenvalue weighted by molar-refractivity contribution is 0.0185. The molecule has 0 spiro atoms. The SMILES string of the molecule is C=CCC(C)NCC(O)COCC(CC)CCCC. The summed E-state index contributed by atoms with van der Waals surface area (Å²) in [6, 6.07) is 0.361. The molecule has 3 heteroatoms. The second-order valence-corrected chi connectivity index (χ2v) is 5.44. The summed E-state index contributed by atoms with van der Waals surface area (Å²) in [6.07, 6.45) is 7.29. The van der Waals surface area contributed by atoms with E-state index >= 15 is 0 Å². The van der Waals surface area contributed by atoms with E-state index in [9.17, 15) is 5.11 Å². The maximum absolute atomic E-state index is 9.81. The van der Waals surface area contributed by atoms with Crippen molar-refractivity contribution in [1.29, 1.82) is 0 Å². The molecule has 0 aliphatic heterocycles. The van der Waals surface area contributed by atoms with Crippen molar-refractivity contribution in [1.82, 2.24) is 5.32 Å². The minimum absolute atomic E-state index is 0.361. The molecule has 0 bridgehead atoms. The summed E-state index contributed by atoms with van der Waals surface area (Å²) in [6.45, 7) is 12.0. The first-order valence-electron chi connectivity index (χ1n) is 7.74. The van der Waals surface area contributed by atoms with E-state index in [1.807, 2.05) is 6.08 Å². The van der Waals surface area contributed by atoms with Gasteiger partial charge in [0.1, 0.15) is 0 Å². The van der Waals surface area contributed by atoms with E-state index in [-0.39, 0.29) is 0 Å². The Morgan fingerprint density at radius 3 is 2.63 bits per heavy atom. The van der Waals surface area contributed by atoms with Crippen molar-refractivity contribution in [2.75, 3.05) is 19.8 Å². The lowest BCUT2D eigenvalue weighted by atomic mass is 10.0. The second-order valence-electron chi connectivity index (χ2n) is 5.44. The van der Waals surface area contributed by atoms with Crippen molar-refractivity contribution >= 4 is 0 Å². The lowest BCUT2D eigenvalue weighted by Crippen LogP contribution is -2.36. The van der Waals surface area contributed by atoms with Crippen LogP contribution < -0.4 is 5.32 Å². The van der Waals surface area contributed by atoms with Gasteiger partial charge in [0, 0.05) is 19.2 Å². The summed E-state index contributed by atoms with van der Waals surface area (Å²) >= 11 is 0. The molecule has 0 saturated carbocycles. The van der Waals surface area contributed by atoms with Gasteiger partial charge in [-0.2, -0.15) is 0 Å². The Morgan fingerprint density at radius 1 is 1.32 bits per heavy atom. The monoisotopic (exact) mass is 271 g/mol. The molecular weight excluding hydrogens is 238 g/mol. The van der Waals surface area contributed by atoms with Crippen molar-refractivity contribution < 1.29 is 9.84 Å². The number of unbranched alkanes of at least 4 members (excludes halogenated alkanes) is 1. The van der Waals surface area contributed by atoms with Crippen LogP contribution in [0.15, 0.2) is 12.7 Å². The molecule has 0 aliphatic rings. The maximum atomic E-state index is 9.81. The van der Waals surface area contributed by atoms with E-state index in [1.165, 1.54) is 19.3 Å². The highest BCUT2D eigenvalue weighted by Gasteiger charge is 2.09. The first-order valence-corrected chi connectivity index (χ1v) is 7.74. The van der Waals surface area contributed by atoms with Gasteiger partial charge in [-0.3, -0.25) is 0 Å². The first kappa shape index (κ1) is 18.6. The number of rotatable bonds is 13. The van der Waals surface area contributed by atoms with Crippen LogP contribution in [0.4, 0.5) is 0 Å². The van der Waals surface area contributed by atoms with Crippen LogP contribution in [0, 0.1) is 5.92 Å². The van der Waals surface area contributed by atoms with Gasteiger partial charge in [-0.25, -0.2) is 0 Å². The van der Waals surface area contributed by atoms with Gasteiger partial charge in [0.25, 0.3) is 0 Å². The van der Waals surface area contributed by atoms with E-state index in [0.29, 0.717) is 25.1 Å². The van der Waals surface area contributed by atoms with E-state index in [4.69, 9.17) is 4.74 Å². The third kappa shape index (κ3) is 11.2. The Hall–Kier alpha value is -0.380. The minimum atomic E-state index is -0.420. The second kappa shape index (κ2) is 12.6. The van der Waals surface area contributed by atoms with Crippen LogP contribution in [0.3, 0.4) is 0 Å². The number of ether oxygens (including phenoxy) is 1.